The number of rotatable bonds is 3. The fourth-order valence-electron chi connectivity index (χ4n) is 1.86. The van der Waals surface area contributed by atoms with Crippen LogP contribution in [0.5, 0.6) is 0 Å². The molecule has 0 spiro atoms. The van der Waals surface area contributed by atoms with E-state index < -0.39 is 0 Å². The molecule has 1 fully saturated rings. The highest BCUT2D eigenvalue weighted by Crippen LogP contribution is 2.10. The first kappa shape index (κ1) is 14.5. The highest BCUT2D eigenvalue weighted by Gasteiger charge is 2.19. The van der Waals surface area contributed by atoms with E-state index in [4.69, 9.17) is 16.3 Å². The lowest BCUT2D eigenvalue weighted by Gasteiger charge is -2.31. The third kappa shape index (κ3) is 5.07. The molecule has 96 valence electrons. The van der Waals surface area contributed by atoms with Crippen molar-refractivity contribution in [1.29, 1.82) is 0 Å². The lowest BCUT2D eigenvalue weighted by molar-refractivity contribution is -0.0194. The Morgan fingerprint density at radius 1 is 1.29 bits per heavy atom. The number of halogens is 1. The van der Waals surface area contributed by atoms with Crippen molar-refractivity contribution >= 4 is 11.6 Å². The molecule has 1 aliphatic heterocycles. The third-order valence-electron chi connectivity index (χ3n) is 2.64. The summed E-state index contributed by atoms with van der Waals surface area (Å²) in [6.07, 6.45) is 0.198. The molecule has 0 saturated carbocycles. The predicted molar refractivity (Wildman–Crippen MR) is 73.5 cm³/mol. The molecule has 0 amide bonds. The van der Waals surface area contributed by atoms with Gasteiger partial charge in [0.05, 0.1) is 12.7 Å². The average Bonchev–Trinajstić information content (AvgIpc) is 2.42. The minimum Gasteiger partial charge on any atom is -0.374 e. The van der Waals surface area contributed by atoms with Crippen LogP contribution < -0.4 is 0 Å². The Bertz CT molecular complexity index is 292. The molecular weight excluding hydrogens is 234 g/mol. The van der Waals surface area contributed by atoms with Crippen molar-refractivity contribution in [3.05, 3.63) is 35.9 Å². The van der Waals surface area contributed by atoms with Gasteiger partial charge in [-0.15, -0.1) is 11.6 Å². The molecule has 2 nitrogen and oxygen atoms in total. The monoisotopic (exact) mass is 255 g/mol. The van der Waals surface area contributed by atoms with E-state index in [2.05, 4.69) is 29.2 Å². The van der Waals surface area contributed by atoms with Gasteiger partial charge in [0.15, 0.2) is 0 Å². The van der Waals surface area contributed by atoms with Crippen LogP contribution in [0.4, 0.5) is 0 Å². The van der Waals surface area contributed by atoms with E-state index in [1.807, 2.05) is 19.9 Å². The van der Waals surface area contributed by atoms with Crippen LogP contribution in [0.25, 0.3) is 0 Å². The number of nitrogens with zero attached hydrogens (tertiary/aromatic N) is 1. The SMILES string of the molecule is CC.ClCC1CN(Cc2ccccc2)CCO1. The Labute approximate surface area is 110 Å². The van der Waals surface area contributed by atoms with Crippen LogP contribution in [-0.2, 0) is 11.3 Å². The largest absolute Gasteiger partial charge is 0.374 e. The van der Waals surface area contributed by atoms with Gasteiger partial charge in [-0.25, -0.2) is 0 Å². The van der Waals surface area contributed by atoms with E-state index >= 15 is 0 Å². The van der Waals surface area contributed by atoms with Gasteiger partial charge in [0, 0.05) is 25.5 Å². The Balaban J connectivity index is 0.000000686. The van der Waals surface area contributed by atoms with E-state index in [1.54, 1.807) is 0 Å². The summed E-state index contributed by atoms with van der Waals surface area (Å²) >= 11 is 5.80. The van der Waals surface area contributed by atoms with Gasteiger partial charge in [-0.05, 0) is 5.56 Å². The quantitative estimate of drug-likeness (QED) is 0.770. The highest BCUT2D eigenvalue weighted by atomic mass is 35.5. The summed E-state index contributed by atoms with van der Waals surface area (Å²) in [5, 5.41) is 0. The minimum atomic E-state index is 0.198. The van der Waals surface area contributed by atoms with Crippen LogP contribution in [0, 0.1) is 0 Å². The molecule has 0 aromatic heterocycles. The summed E-state index contributed by atoms with van der Waals surface area (Å²) < 4.78 is 5.52. The van der Waals surface area contributed by atoms with Gasteiger partial charge in [0.25, 0.3) is 0 Å². The second-order valence-electron chi connectivity index (χ2n) is 3.87. The average molecular weight is 256 g/mol. The van der Waals surface area contributed by atoms with Crippen molar-refractivity contribution in [1.82, 2.24) is 4.90 Å². The maximum atomic E-state index is 5.80. The Kier molecular flexibility index (Phi) is 7.25. The van der Waals surface area contributed by atoms with Crippen molar-refractivity contribution in [3.8, 4) is 0 Å². The van der Waals surface area contributed by atoms with Gasteiger partial charge in [-0.3, -0.25) is 4.90 Å². The summed E-state index contributed by atoms with van der Waals surface area (Å²) in [5.41, 5.74) is 1.35. The zero-order valence-electron chi connectivity index (χ0n) is 10.7. The summed E-state index contributed by atoms with van der Waals surface area (Å²) in [5.74, 6) is 0.589. The molecule has 3 heteroatoms. The molecule has 0 bridgehead atoms. The second kappa shape index (κ2) is 8.51. The smallest absolute Gasteiger partial charge is 0.0837 e. The second-order valence-corrected chi connectivity index (χ2v) is 4.18. The molecule has 1 aromatic rings. The first-order chi connectivity index (χ1) is 8.38. The van der Waals surface area contributed by atoms with Crippen molar-refractivity contribution in [2.75, 3.05) is 25.6 Å². The van der Waals surface area contributed by atoms with Gasteiger partial charge in [-0.1, -0.05) is 44.2 Å². The van der Waals surface area contributed by atoms with Crippen LogP contribution >= 0.6 is 11.6 Å². The Hall–Kier alpha value is -0.570. The first-order valence-corrected chi connectivity index (χ1v) is 6.86. The Morgan fingerprint density at radius 2 is 2.00 bits per heavy atom. The molecule has 1 atom stereocenters. The summed E-state index contributed by atoms with van der Waals surface area (Å²) in [6, 6.07) is 10.5. The van der Waals surface area contributed by atoms with Gasteiger partial charge in [0.1, 0.15) is 0 Å². The Morgan fingerprint density at radius 3 is 2.65 bits per heavy atom. The van der Waals surface area contributed by atoms with E-state index in [-0.39, 0.29) is 6.10 Å². The van der Waals surface area contributed by atoms with E-state index in [1.165, 1.54) is 5.56 Å². The third-order valence-corrected chi connectivity index (χ3v) is 2.99. The molecule has 1 unspecified atom stereocenters. The number of morpholine rings is 1. The normalized spacial score (nSPS) is 20.5. The zero-order chi connectivity index (χ0) is 12.5. The molecule has 1 aromatic carbocycles. The first-order valence-electron chi connectivity index (χ1n) is 6.32. The fourth-order valence-corrected chi connectivity index (χ4v) is 2.05. The molecule has 0 N–H and O–H groups in total. The number of hydrogen-bond acceptors (Lipinski definition) is 2. The zero-order valence-corrected chi connectivity index (χ0v) is 11.5. The molecule has 1 aliphatic rings. The molecule has 0 aliphatic carbocycles. The fraction of sp³-hybridized carbons (Fsp3) is 0.571. The summed E-state index contributed by atoms with van der Waals surface area (Å²) in [7, 11) is 0. The number of benzene rings is 1. The van der Waals surface area contributed by atoms with Crippen LogP contribution in [0.15, 0.2) is 30.3 Å². The van der Waals surface area contributed by atoms with Crippen molar-refractivity contribution < 1.29 is 4.74 Å². The maximum Gasteiger partial charge on any atom is 0.0837 e. The molecule has 1 heterocycles. The lowest BCUT2D eigenvalue weighted by atomic mass is 10.2. The van der Waals surface area contributed by atoms with E-state index in [0.717, 1.165) is 26.2 Å². The van der Waals surface area contributed by atoms with Crippen LogP contribution in [0.3, 0.4) is 0 Å². The number of ether oxygens (including phenoxy) is 1. The van der Waals surface area contributed by atoms with Gasteiger partial charge >= 0.3 is 0 Å². The number of hydrogen-bond donors (Lipinski definition) is 0. The molecule has 17 heavy (non-hydrogen) atoms. The topological polar surface area (TPSA) is 12.5 Å². The van der Waals surface area contributed by atoms with Crippen LogP contribution in [0.2, 0.25) is 0 Å². The van der Waals surface area contributed by atoms with Crippen LogP contribution in [-0.4, -0.2) is 36.6 Å². The van der Waals surface area contributed by atoms with Crippen molar-refractivity contribution in [2.45, 2.75) is 26.5 Å². The molecular formula is C14H22ClNO. The van der Waals surface area contributed by atoms with Gasteiger partial charge in [0.2, 0.25) is 0 Å². The highest BCUT2D eigenvalue weighted by molar-refractivity contribution is 6.18. The lowest BCUT2D eigenvalue weighted by Crippen LogP contribution is -2.42. The standard InChI is InChI=1S/C12H16ClNO.C2H6/c13-8-12-10-14(6-7-15-12)9-11-4-2-1-3-5-11;1-2/h1-5,12H,6-10H2;1-2H3. The van der Waals surface area contributed by atoms with Gasteiger partial charge in [-0.2, -0.15) is 0 Å². The van der Waals surface area contributed by atoms with E-state index in [9.17, 15) is 0 Å². The summed E-state index contributed by atoms with van der Waals surface area (Å²) in [6.45, 7) is 7.74. The number of alkyl halides is 1. The molecule has 2 rings (SSSR count). The summed E-state index contributed by atoms with van der Waals surface area (Å²) in [4.78, 5) is 2.39. The molecule has 1 saturated heterocycles. The van der Waals surface area contributed by atoms with Crippen molar-refractivity contribution in [2.24, 2.45) is 0 Å². The predicted octanol–water partition coefficient (Wildman–Crippen LogP) is 3.15. The minimum absolute atomic E-state index is 0.198. The van der Waals surface area contributed by atoms with E-state index in [0.29, 0.717) is 5.88 Å². The maximum absolute atomic E-state index is 5.80. The van der Waals surface area contributed by atoms with Gasteiger partial charge < -0.3 is 4.74 Å². The van der Waals surface area contributed by atoms with Crippen molar-refractivity contribution in [3.63, 3.8) is 0 Å². The molecule has 0 radical (unpaired) electrons. The van der Waals surface area contributed by atoms with Crippen LogP contribution in [0.1, 0.15) is 19.4 Å².